The number of nitrogens with two attached hydrogens (primary N) is 1. The molecule has 0 aliphatic heterocycles. The van der Waals surface area contributed by atoms with Crippen molar-refractivity contribution in [2.45, 2.75) is 65.0 Å². The Morgan fingerprint density at radius 1 is 1.25 bits per heavy atom. The molecule has 2 rings (SSSR count). The normalized spacial score (nSPS) is 19.9. The molecular formula is C16H27N3O. The van der Waals surface area contributed by atoms with Crippen LogP contribution in [0.3, 0.4) is 0 Å². The number of aromatic nitrogens is 1. The van der Waals surface area contributed by atoms with E-state index in [9.17, 15) is 0 Å². The van der Waals surface area contributed by atoms with Gasteiger partial charge in [-0.25, -0.2) is 0 Å². The number of rotatable bonds is 5. The SMILES string of the molecule is CC(C)Oc1cncc(C(NN)C2(C)CCCCC2)c1. The second-order valence-corrected chi connectivity index (χ2v) is 6.43. The number of pyridine rings is 1. The molecular weight excluding hydrogens is 250 g/mol. The van der Waals surface area contributed by atoms with Crippen molar-refractivity contribution in [3.63, 3.8) is 0 Å². The standard InChI is InChI=1S/C16H27N3O/c1-12(2)20-14-9-13(10-18-11-14)15(19-17)16(3)7-5-4-6-8-16/h9-12,15,19H,4-8,17H2,1-3H3. The monoisotopic (exact) mass is 277 g/mol. The number of ether oxygens (including phenoxy) is 1. The molecule has 1 aromatic heterocycles. The van der Waals surface area contributed by atoms with E-state index in [1.807, 2.05) is 20.0 Å². The second-order valence-electron chi connectivity index (χ2n) is 6.43. The van der Waals surface area contributed by atoms with E-state index in [1.54, 1.807) is 6.20 Å². The molecule has 1 unspecified atom stereocenters. The maximum atomic E-state index is 5.85. The van der Waals surface area contributed by atoms with E-state index < -0.39 is 0 Å². The molecule has 0 aromatic carbocycles. The van der Waals surface area contributed by atoms with Gasteiger partial charge < -0.3 is 4.74 Å². The molecule has 0 saturated heterocycles. The molecule has 4 nitrogen and oxygen atoms in total. The van der Waals surface area contributed by atoms with Gasteiger partial charge in [-0.3, -0.25) is 16.3 Å². The molecule has 1 fully saturated rings. The van der Waals surface area contributed by atoms with E-state index in [4.69, 9.17) is 10.6 Å². The number of hydrogen-bond donors (Lipinski definition) is 2. The molecule has 4 heteroatoms. The first-order valence-corrected chi connectivity index (χ1v) is 7.63. The van der Waals surface area contributed by atoms with Crippen molar-refractivity contribution in [2.24, 2.45) is 11.3 Å². The summed E-state index contributed by atoms with van der Waals surface area (Å²) in [6, 6.07) is 2.20. The Labute approximate surface area is 122 Å². The zero-order chi connectivity index (χ0) is 14.6. The molecule has 1 aromatic rings. The van der Waals surface area contributed by atoms with Crippen molar-refractivity contribution in [1.29, 1.82) is 0 Å². The molecule has 1 aliphatic carbocycles. The van der Waals surface area contributed by atoms with Gasteiger partial charge in [0.25, 0.3) is 0 Å². The average molecular weight is 277 g/mol. The summed E-state index contributed by atoms with van der Waals surface area (Å²) < 4.78 is 5.74. The lowest BCUT2D eigenvalue weighted by atomic mass is 9.69. The molecule has 3 N–H and O–H groups in total. The molecule has 0 amide bonds. The quantitative estimate of drug-likeness (QED) is 0.640. The van der Waals surface area contributed by atoms with Crippen LogP contribution in [0.2, 0.25) is 0 Å². The Hall–Kier alpha value is -1.13. The van der Waals surface area contributed by atoms with Crippen LogP contribution >= 0.6 is 0 Å². The third-order valence-corrected chi connectivity index (χ3v) is 4.30. The average Bonchev–Trinajstić information content (AvgIpc) is 2.39. The van der Waals surface area contributed by atoms with Crippen LogP contribution in [0.25, 0.3) is 0 Å². The maximum absolute atomic E-state index is 5.85. The van der Waals surface area contributed by atoms with Crippen molar-refractivity contribution < 1.29 is 4.74 Å². The van der Waals surface area contributed by atoms with Gasteiger partial charge in [0.15, 0.2) is 0 Å². The minimum Gasteiger partial charge on any atom is -0.489 e. The van der Waals surface area contributed by atoms with E-state index in [1.165, 1.54) is 32.1 Å². The molecule has 0 spiro atoms. The topological polar surface area (TPSA) is 60.2 Å². The van der Waals surface area contributed by atoms with Crippen molar-refractivity contribution in [2.75, 3.05) is 0 Å². The largest absolute Gasteiger partial charge is 0.489 e. The number of nitrogens with one attached hydrogen (secondary N) is 1. The Morgan fingerprint density at radius 3 is 2.55 bits per heavy atom. The first-order valence-electron chi connectivity index (χ1n) is 7.63. The van der Waals surface area contributed by atoms with E-state index in [0.717, 1.165) is 11.3 Å². The van der Waals surface area contributed by atoms with Crippen LogP contribution in [-0.2, 0) is 0 Å². The first kappa shape index (κ1) is 15.3. The molecule has 0 radical (unpaired) electrons. The number of hydrazine groups is 1. The summed E-state index contributed by atoms with van der Waals surface area (Å²) in [5.41, 5.74) is 4.33. The molecule has 20 heavy (non-hydrogen) atoms. The highest BCUT2D eigenvalue weighted by Crippen LogP contribution is 2.45. The fourth-order valence-electron chi connectivity index (χ4n) is 3.28. The third-order valence-electron chi connectivity index (χ3n) is 4.30. The molecule has 1 heterocycles. The molecule has 0 bridgehead atoms. The molecule has 1 saturated carbocycles. The van der Waals surface area contributed by atoms with Gasteiger partial charge in [0, 0.05) is 6.20 Å². The Bertz CT molecular complexity index is 427. The van der Waals surface area contributed by atoms with E-state index in [0.29, 0.717) is 0 Å². The van der Waals surface area contributed by atoms with Crippen molar-refractivity contribution in [3.8, 4) is 5.75 Å². The predicted molar refractivity (Wildman–Crippen MR) is 81.3 cm³/mol. The van der Waals surface area contributed by atoms with Crippen LogP contribution in [0.15, 0.2) is 18.5 Å². The van der Waals surface area contributed by atoms with Crippen LogP contribution in [0, 0.1) is 5.41 Å². The van der Waals surface area contributed by atoms with Crippen molar-refractivity contribution >= 4 is 0 Å². The lowest BCUT2D eigenvalue weighted by Crippen LogP contribution is -2.41. The summed E-state index contributed by atoms with van der Waals surface area (Å²) in [5.74, 6) is 6.67. The summed E-state index contributed by atoms with van der Waals surface area (Å²) in [6.07, 6.45) is 10.1. The molecule has 112 valence electrons. The number of hydrogen-bond acceptors (Lipinski definition) is 4. The van der Waals surface area contributed by atoms with Crippen LogP contribution in [0.4, 0.5) is 0 Å². The van der Waals surface area contributed by atoms with Gasteiger partial charge in [-0.15, -0.1) is 0 Å². The van der Waals surface area contributed by atoms with Crippen molar-refractivity contribution in [1.82, 2.24) is 10.4 Å². The second kappa shape index (κ2) is 6.55. The zero-order valence-electron chi connectivity index (χ0n) is 12.9. The summed E-state index contributed by atoms with van der Waals surface area (Å²) in [5, 5.41) is 0. The minimum absolute atomic E-state index is 0.131. The van der Waals surface area contributed by atoms with Crippen LogP contribution in [0.1, 0.15) is 64.5 Å². The van der Waals surface area contributed by atoms with E-state index >= 15 is 0 Å². The summed E-state index contributed by atoms with van der Waals surface area (Å²) >= 11 is 0. The van der Waals surface area contributed by atoms with Crippen molar-refractivity contribution in [3.05, 3.63) is 24.0 Å². The Kier molecular flexibility index (Phi) is 5.00. The Morgan fingerprint density at radius 2 is 1.95 bits per heavy atom. The maximum Gasteiger partial charge on any atom is 0.138 e. The Balaban J connectivity index is 2.22. The van der Waals surface area contributed by atoms with Crippen LogP contribution in [0.5, 0.6) is 5.75 Å². The van der Waals surface area contributed by atoms with Crippen LogP contribution in [-0.4, -0.2) is 11.1 Å². The fourth-order valence-corrected chi connectivity index (χ4v) is 3.28. The van der Waals surface area contributed by atoms with Gasteiger partial charge in [-0.05, 0) is 43.7 Å². The van der Waals surface area contributed by atoms with Gasteiger partial charge in [0.2, 0.25) is 0 Å². The molecule has 1 atom stereocenters. The highest BCUT2D eigenvalue weighted by molar-refractivity contribution is 5.27. The first-order chi connectivity index (χ1) is 9.55. The zero-order valence-corrected chi connectivity index (χ0v) is 12.9. The summed E-state index contributed by atoms with van der Waals surface area (Å²) in [4.78, 5) is 4.31. The lowest BCUT2D eigenvalue weighted by molar-refractivity contribution is 0.144. The minimum atomic E-state index is 0.131. The number of nitrogens with zero attached hydrogens (tertiary/aromatic N) is 1. The van der Waals surface area contributed by atoms with Gasteiger partial charge in [-0.1, -0.05) is 26.2 Å². The fraction of sp³-hybridized carbons (Fsp3) is 0.688. The summed E-state index contributed by atoms with van der Waals surface area (Å²) in [7, 11) is 0. The highest BCUT2D eigenvalue weighted by Gasteiger charge is 2.36. The van der Waals surface area contributed by atoms with Gasteiger partial charge >= 0.3 is 0 Å². The van der Waals surface area contributed by atoms with Crippen LogP contribution < -0.4 is 16.0 Å². The van der Waals surface area contributed by atoms with Gasteiger partial charge in [-0.2, -0.15) is 0 Å². The van der Waals surface area contributed by atoms with E-state index in [-0.39, 0.29) is 17.6 Å². The third kappa shape index (κ3) is 3.49. The van der Waals surface area contributed by atoms with E-state index in [2.05, 4.69) is 23.4 Å². The van der Waals surface area contributed by atoms with Gasteiger partial charge in [0.05, 0.1) is 18.3 Å². The summed E-state index contributed by atoms with van der Waals surface area (Å²) in [6.45, 7) is 6.37. The van der Waals surface area contributed by atoms with Gasteiger partial charge in [0.1, 0.15) is 5.75 Å². The predicted octanol–water partition coefficient (Wildman–Crippen LogP) is 3.34. The molecule has 1 aliphatic rings. The highest BCUT2D eigenvalue weighted by atomic mass is 16.5. The smallest absolute Gasteiger partial charge is 0.138 e. The lowest BCUT2D eigenvalue weighted by Gasteiger charge is -2.40.